The number of nitrogens with one attached hydrogen (secondary N) is 1. The predicted molar refractivity (Wildman–Crippen MR) is 69.9 cm³/mol. The fourth-order valence-corrected chi connectivity index (χ4v) is 2.07. The third kappa shape index (κ3) is 7.14. The van der Waals surface area contributed by atoms with Crippen molar-refractivity contribution >= 4 is 36.0 Å². The van der Waals surface area contributed by atoms with E-state index < -0.39 is 11.8 Å². The minimum Gasteiger partial charge on any atom is -0.511 e. The highest BCUT2D eigenvalue weighted by Gasteiger charge is 2.13. The van der Waals surface area contributed by atoms with E-state index in [-0.39, 0.29) is 24.1 Å². The molecule has 0 heterocycles. The molecule has 0 fully saturated rings. The molecule has 0 aromatic carbocycles. The van der Waals surface area contributed by atoms with Gasteiger partial charge in [-0.2, -0.15) is 0 Å². The highest BCUT2D eigenvalue weighted by Crippen LogP contribution is 2.24. The summed E-state index contributed by atoms with van der Waals surface area (Å²) in [7, 11) is 8.47. The molecule has 0 spiro atoms. The van der Waals surface area contributed by atoms with Gasteiger partial charge in [0.1, 0.15) is 11.1 Å². The van der Waals surface area contributed by atoms with Crippen molar-refractivity contribution in [3.63, 3.8) is 0 Å². The SMILES string of the molecule is [B]C(=O)NCCCC(O)=C(P=P)C(=O)OCC. The summed E-state index contributed by atoms with van der Waals surface area (Å²) in [6, 6.07) is 0. The highest BCUT2D eigenvalue weighted by atomic mass is 31.7. The molecule has 0 aromatic rings. The smallest absolute Gasteiger partial charge is 0.346 e. The minimum atomic E-state index is -0.614. The van der Waals surface area contributed by atoms with E-state index in [0.717, 1.165) is 0 Å². The lowest BCUT2D eigenvalue weighted by Gasteiger charge is -2.06. The predicted octanol–water partition coefficient (Wildman–Crippen LogP) is 1.98. The van der Waals surface area contributed by atoms with Gasteiger partial charge in [-0.05, 0) is 21.2 Å². The Morgan fingerprint density at radius 3 is 2.65 bits per heavy atom. The number of allylic oxidation sites excluding steroid dienone is 1. The molecule has 0 aliphatic rings. The zero-order valence-corrected chi connectivity index (χ0v) is 11.4. The Bertz CT molecular complexity index is 333. The van der Waals surface area contributed by atoms with E-state index in [1.165, 1.54) is 0 Å². The Labute approximate surface area is 105 Å². The van der Waals surface area contributed by atoms with Crippen molar-refractivity contribution in [2.75, 3.05) is 13.2 Å². The molecule has 0 saturated heterocycles. The highest BCUT2D eigenvalue weighted by molar-refractivity contribution is 7.77. The summed E-state index contributed by atoms with van der Waals surface area (Å²) in [5, 5.41) is 12.2. The summed E-state index contributed by atoms with van der Waals surface area (Å²) in [5.74, 6) is -1.21. The van der Waals surface area contributed by atoms with Crippen LogP contribution in [-0.2, 0) is 9.53 Å². The first-order chi connectivity index (χ1) is 8.02. The molecule has 0 bridgehead atoms. The number of rotatable bonds is 7. The van der Waals surface area contributed by atoms with Crippen LogP contribution >= 0.6 is 16.4 Å². The lowest BCUT2D eigenvalue weighted by atomic mass is 10.1. The molecule has 2 radical (unpaired) electrons. The number of carbonyl (C=O) groups is 2. The van der Waals surface area contributed by atoms with Crippen molar-refractivity contribution in [1.82, 2.24) is 5.32 Å². The standard InChI is InChI=1S/C9H14BNO4P2/c1-2-15-8(13)7(17-16)6(12)4-3-5-11-9(10)14/h12,16H,2-5H2,1H3,(H,11,14). The van der Waals surface area contributed by atoms with Crippen LogP contribution in [0.3, 0.4) is 0 Å². The fourth-order valence-electron chi connectivity index (χ4n) is 1.01. The van der Waals surface area contributed by atoms with Gasteiger partial charge >= 0.3 is 5.97 Å². The van der Waals surface area contributed by atoms with Gasteiger partial charge in [-0.25, -0.2) is 4.79 Å². The zero-order valence-electron chi connectivity index (χ0n) is 9.52. The maximum Gasteiger partial charge on any atom is 0.346 e. The average Bonchev–Trinajstić information content (AvgIpc) is 2.25. The fraction of sp³-hybridized carbons (Fsp3) is 0.556. The molecule has 2 N–H and O–H groups in total. The molecule has 0 aliphatic carbocycles. The van der Waals surface area contributed by atoms with E-state index in [1.807, 2.05) is 0 Å². The van der Waals surface area contributed by atoms with Crippen LogP contribution in [0.1, 0.15) is 19.8 Å². The Morgan fingerprint density at radius 2 is 2.18 bits per heavy atom. The molecule has 0 aliphatic heterocycles. The summed E-state index contributed by atoms with van der Waals surface area (Å²) in [6.07, 6.45) is 0.755. The van der Waals surface area contributed by atoms with Gasteiger partial charge in [0.2, 0.25) is 0 Å². The van der Waals surface area contributed by atoms with Gasteiger partial charge < -0.3 is 15.2 Å². The number of hydrogen-bond acceptors (Lipinski definition) is 4. The van der Waals surface area contributed by atoms with Crippen molar-refractivity contribution in [2.45, 2.75) is 19.8 Å². The molecule has 92 valence electrons. The van der Waals surface area contributed by atoms with Crippen LogP contribution in [0.25, 0.3) is 0 Å². The van der Waals surface area contributed by atoms with Crippen LogP contribution in [-0.4, -0.2) is 37.9 Å². The van der Waals surface area contributed by atoms with Crippen LogP contribution in [0.15, 0.2) is 11.1 Å². The Balaban J connectivity index is 4.29. The largest absolute Gasteiger partial charge is 0.511 e. The summed E-state index contributed by atoms with van der Waals surface area (Å²) in [4.78, 5) is 21.8. The topological polar surface area (TPSA) is 75.6 Å². The van der Waals surface area contributed by atoms with Crippen LogP contribution in [0.5, 0.6) is 0 Å². The molecule has 0 unspecified atom stereocenters. The number of esters is 1. The maximum atomic E-state index is 11.4. The maximum absolute atomic E-state index is 11.4. The van der Waals surface area contributed by atoms with Crippen LogP contribution in [0, 0.1) is 0 Å². The van der Waals surface area contributed by atoms with Gasteiger partial charge in [0.25, 0.3) is 0 Å². The van der Waals surface area contributed by atoms with Gasteiger partial charge in [-0.1, -0.05) is 8.53 Å². The van der Waals surface area contributed by atoms with E-state index in [1.54, 1.807) is 6.92 Å². The summed E-state index contributed by atoms with van der Waals surface area (Å²) in [6.45, 7) is 2.28. The molecule has 8 heteroatoms. The van der Waals surface area contributed by atoms with Crippen LogP contribution < -0.4 is 5.32 Å². The molecule has 17 heavy (non-hydrogen) atoms. The number of aliphatic hydroxyl groups excluding tert-OH is 1. The first-order valence-electron chi connectivity index (χ1n) is 5.02. The molecule has 0 aromatic heterocycles. The van der Waals surface area contributed by atoms with Gasteiger partial charge in [-0.15, -0.1) is 0 Å². The number of carbonyl (C=O) groups excluding carboxylic acids is 2. The third-order valence-corrected chi connectivity index (χ3v) is 3.08. The number of ether oxygens (including phenoxy) is 1. The average molecular weight is 273 g/mol. The Morgan fingerprint density at radius 1 is 1.53 bits per heavy atom. The second-order valence-electron chi connectivity index (χ2n) is 3.02. The van der Waals surface area contributed by atoms with Crippen molar-refractivity contribution in [1.29, 1.82) is 0 Å². The number of hydrogen-bond donors (Lipinski definition) is 2. The van der Waals surface area contributed by atoms with Gasteiger partial charge in [0.15, 0.2) is 13.7 Å². The number of amides is 1. The Kier molecular flexibility index (Phi) is 8.74. The summed E-state index contributed by atoms with van der Waals surface area (Å²) >= 11 is 0. The van der Waals surface area contributed by atoms with E-state index in [2.05, 4.69) is 13.8 Å². The van der Waals surface area contributed by atoms with Crippen molar-refractivity contribution < 1.29 is 19.4 Å². The van der Waals surface area contributed by atoms with Crippen molar-refractivity contribution in [3.8, 4) is 0 Å². The van der Waals surface area contributed by atoms with Gasteiger partial charge in [0.05, 0.1) is 6.61 Å². The molecule has 5 nitrogen and oxygen atoms in total. The van der Waals surface area contributed by atoms with Crippen LogP contribution in [0.2, 0.25) is 0 Å². The summed E-state index contributed by atoms with van der Waals surface area (Å²) < 4.78 is 4.78. The Hall–Kier alpha value is -0.855. The molecule has 1 amide bonds. The van der Waals surface area contributed by atoms with Crippen LogP contribution in [0.4, 0.5) is 4.79 Å². The quantitative estimate of drug-likeness (QED) is 0.186. The first-order valence-corrected chi connectivity index (χ1v) is 7.26. The van der Waals surface area contributed by atoms with Crippen molar-refractivity contribution in [2.24, 2.45) is 0 Å². The molecule has 0 saturated carbocycles. The second kappa shape index (κ2) is 9.20. The number of aliphatic hydroxyl groups is 1. The second-order valence-corrected chi connectivity index (χ2v) is 4.36. The monoisotopic (exact) mass is 273 g/mol. The van der Waals surface area contributed by atoms with E-state index >= 15 is 0 Å². The van der Waals surface area contributed by atoms with E-state index in [4.69, 9.17) is 12.6 Å². The van der Waals surface area contributed by atoms with Crippen molar-refractivity contribution in [3.05, 3.63) is 11.1 Å². The molecular formula is C9H14BNO4P2. The third-order valence-electron chi connectivity index (χ3n) is 1.74. The van der Waals surface area contributed by atoms with E-state index in [0.29, 0.717) is 20.8 Å². The first kappa shape index (κ1) is 16.1. The summed E-state index contributed by atoms with van der Waals surface area (Å²) in [5.41, 5.74) is 0. The lowest BCUT2D eigenvalue weighted by molar-refractivity contribution is -0.137. The lowest BCUT2D eigenvalue weighted by Crippen LogP contribution is -2.22. The zero-order chi connectivity index (χ0) is 13.3. The normalized spacial score (nSPS) is 11.8. The molecule has 0 rings (SSSR count). The molecule has 0 atom stereocenters. The van der Waals surface area contributed by atoms with Gasteiger partial charge in [0, 0.05) is 13.0 Å². The van der Waals surface area contributed by atoms with Gasteiger partial charge in [-0.3, -0.25) is 4.79 Å². The van der Waals surface area contributed by atoms with E-state index in [9.17, 15) is 14.7 Å². The minimum absolute atomic E-state index is 0.0496. The molecular weight excluding hydrogens is 259 g/mol.